The first-order chi connectivity index (χ1) is 6.95. The molecule has 0 aliphatic rings. The van der Waals surface area contributed by atoms with E-state index in [9.17, 15) is 13.2 Å². The molecule has 8 heteroatoms. The molecule has 0 saturated carbocycles. The molecule has 0 saturated heterocycles. The van der Waals surface area contributed by atoms with Gasteiger partial charge in [0.2, 0.25) is 0 Å². The average Bonchev–Trinajstić information content (AvgIpc) is 2.17. The topological polar surface area (TPSA) is 89.0 Å². The number of carbonyl (C=O) groups excluding carboxylic acids is 1. The lowest BCUT2D eigenvalue weighted by Gasteiger charge is -2.00. The van der Waals surface area contributed by atoms with E-state index in [4.69, 9.17) is 10.7 Å². The fourth-order valence-corrected chi connectivity index (χ4v) is 1.44. The van der Waals surface area contributed by atoms with Gasteiger partial charge in [0.1, 0.15) is 0 Å². The van der Waals surface area contributed by atoms with E-state index in [0.29, 0.717) is 6.54 Å². The van der Waals surface area contributed by atoms with E-state index in [-0.39, 0.29) is 10.7 Å². The third kappa shape index (κ3) is 3.14. The third-order valence-electron chi connectivity index (χ3n) is 1.46. The molecule has 0 aliphatic heterocycles. The van der Waals surface area contributed by atoms with Crippen molar-refractivity contribution in [1.82, 2.24) is 15.5 Å². The average molecular weight is 250 g/mol. The van der Waals surface area contributed by atoms with Crippen molar-refractivity contribution in [2.75, 3.05) is 6.54 Å². The van der Waals surface area contributed by atoms with E-state index in [1.165, 1.54) is 6.07 Å². The van der Waals surface area contributed by atoms with Gasteiger partial charge in [0.25, 0.3) is 15.0 Å². The molecule has 1 aromatic heterocycles. The molecular formula is C7H8ClN3O3S. The van der Waals surface area contributed by atoms with E-state index in [2.05, 4.69) is 15.5 Å². The fourth-order valence-electron chi connectivity index (χ4n) is 0.822. The fraction of sp³-hybridized carbons (Fsp3) is 0.286. The van der Waals surface area contributed by atoms with Gasteiger partial charge >= 0.3 is 0 Å². The molecule has 0 radical (unpaired) electrons. The van der Waals surface area contributed by atoms with Crippen LogP contribution in [-0.4, -0.2) is 31.1 Å². The Labute approximate surface area is 91.1 Å². The highest BCUT2D eigenvalue weighted by Gasteiger charge is 2.14. The Bertz CT molecular complexity index is 457. The number of nitrogens with one attached hydrogen (secondary N) is 1. The standard InChI is InChI=1S/C7H8ClN3O3S/c1-2-9-7(12)5-3-4-6(11-10-5)15(8,13)14/h3-4H,2H2,1H3,(H,9,12). The number of hydrogen-bond acceptors (Lipinski definition) is 5. The molecule has 0 spiro atoms. The Morgan fingerprint density at radius 3 is 2.53 bits per heavy atom. The van der Waals surface area contributed by atoms with Crippen LogP contribution in [0.2, 0.25) is 0 Å². The lowest BCUT2D eigenvalue weighted by Crippen LogP contribution is -2.24. The first kappa shape index (κ1) is 11.9. The molecule has 0 unspecified atom stereocenters. The Morgan fingerprint density at radius 2 is 2.13 bits per heavy atom. The molecule has 0 atom stereocenters. The summed E-state index contributed by atoms with van der Waals surface area (Å²) in [6.07, 6.45) is 0. The van der Waals surface area contributed by atoms with E-state index in [0.717, 1.165) is 6.07 Å². The summed E-state index contributed by atoms with van der Waals surface area (Å²) in [6, 6.07) is 2.37. The first-order valence-electron chi connectivity index (χ1n) is 4.01. The van der Waals surface area contributed by atoms with Gasteiger partial charge in [-0.1, -0.05) is 0 Å². The summed E-state index contributed by atoms with van der Waals surface area (Å²) >= 11 is 0. The molecule has 1 heterocycles. The van der Waals surface area contributed by atoms with Crippen LogP contribution >= 0.6 is 10.7 Å². The second kappa shape index (κ2) is 4.54. The molecule has 1 N–H and O–H groups in total. The minimum atomic E-state index is -3.89. The second-order valence-electron chi connectivity index (χ2n) is 2.55. The van der Waals surface area contributed by atoms with Crippen molar-refractivity contribution in [1.29, 1.82) is 0 Å². The molecule has 0 aliphatic carbocycles. The zero-order chi connectivity index (χ0) is 11.5. The van der Waals surface area contributed by atoms with Gasteiger partial charge in [-0.3, -0.25) is 4.79 Å². The van der Waals surface area contributed by atoms with Crippen molar-refractivity contribution in [3.05, 3.63) is 17.8 Å². The Kier molecular flexibility index (Phi) is 3.59. The highest BCUT2D eigenvalue weighted by atomic mass is 35.7. The molecule has 1 amide bonds. The largest absolute Gasteiger partial charge is 0.351 e. The number of nitrogens with zero attached hydrogens (tertiary/aromatic N) is 2. The normalized spacial score (nSPS) is 11.1. The van der Waals surface area contributed by atoms with Crippen LogP contribution in [0.5, 0.6) is 0 Å². The number of carbonyl (C=O) groups is 1. The minimum Gasteiger partial charge on any atom is -0.351 e. The monoisotopic (exact) mass is 249 g/mol. The summed E-state index contributed by atoms with van der Waals surface area (Å²) in [5, 5.41) is 8.88. The van der Waals surface area contributed by atoms with Gasteiger partial charge in [0.05, 0.1) is 0 Å². The van der Waals surface area contributed by atoms with Crippen LogP contribution in [0.4, 0.5) is 0 Å². The summed E-state index contributed by atoms with van der Waals surface area (Å²) in [7, 11) is 1.13. The molecule has 6 nitrogen and oxygen atoms in total. The first-order valence-corrected chi connectivity index (χ1v) is 6.32. The summed E-state index contributed by atoms with van der Waals surface area (Å²) in [5.74, 6) is -0.413. The molecule has 1 rings (SSSR count). The number of halogens is 1. The van der Waals surface area contributed by atoms with Gasteiger partial charge in [0, 0.05) is 17.2 Å². The zero-order valence-electron chi connectivity index (χ0n) is 7.77. The predicted molar refractivity (Wildman–Crippen MR) is 53.1 cm³/mol. The zero-order valence-corrected chi connectivity index (χ0v) is 9.34. The molecular weight excluding hydrogens is 242 g/mol. The van der Waals surface area contributed by atoms with Crippen molar-refractivity contribution < 1.29 is 13.2 Å². The van der Waals surface area contributed by atoms with E-state index in [1.54, 1.807) is 6.92 Å². The number of amides is 1. The van der Waals surface area contributed by atoms with E-state index in [1.807, 2.05) is 0 Å². The lowest BCUT2D eigenvalue weighted by atomic mass is 10.4. The minimum absolute atomic E-state index is 0.0425. The predicted octanol–water partition coefficient (Wildman–Crippen LogP) is 0.154. The SMILES string of the molecule is CCNC(=O)c1ccc(S(=O)(=O)Cl)nn1. The number of rotatable bonds is 3. The molecule has 0 fully saturated rings. The van der Waals surface area contributed by atoms with Crippen molar-refractivity contribution in [3.8, 4) is 0 Å². The maximum Gasteiger partial charge on any atom is 0.280 e. The lowest BCUT2D eigenvalue weighted by molar-refractivity contribution is 0.0949. The number of hydrogen-bond donors (Lipinski definition) is 1. The van der Waals surface area contributed by atoms with Crippen LogP contribution in [0.3, 0.4) is 0 Å². The highest BCUT2D eigenvalue weighted by molar-refractivity contribution is 8.13. The van der Waals surface area contributed by atoms with Gasteiger partial charge in [-0.25, -0.2) is 8.42 Å². The van der Waals surface area contributed by atoms with Crippen molar-refractivity contribution in [3.63, 3.8) is 0 Å². The maximum atomic E-state index is 11.2. The molecule has 1 aromatic rings. The van der Waals surface area contributed by atoms with Gasteiger partial charge in [0.15, 0.2) is 10.7 Å². The highest BCUT2D eigenvalue weighted by Crippen LogP contribution is 2.10. The molecule has 0 aromatic carbocycles. The molecule has 0 bridgehead atoms. The molecule has 82 valence electrons. The molecule has 15 heavy (non-hydrogen) atoms. The number of aromatic nitrogens is 2. The van der Waals surface area contributed by atoms with E-state index >= 15 is 0 Å². The van der Waals surface area contributed by atoms with Gasteiger partial charge < -0.3 is 5.32 Å². The Morgan fingerprint density at radius 1 is 1.47 bits per heavy atom. The maximum absolute atomic E-state index is 11.2. The summed E-state index contributed by atoms with van der Waals surface area (Å²) in [6.45, 7) is 2.21. The van der Waals surface area contributed by atoms with Gasteiger partial charge in [-0.05, 0) is 19.1 Å². The summed E-state index contributed by atoms with van der Waals surface area (Å²) in [4.78, 5) is 11.2. The van der Waals surface area contributed by atoms with Crippen LogP contribution in [0.15, 0.2) is 17.2 Å². The van der Waals surface area contributed by atoms with E-state index < -0.39 is 15.0 Å². The third-order valence-corrected chi connectivity index (χ3v) is 2.65. The van der Waals surface area contributed by atoms with Crippen LogP contribution in [-0.2, 0) is 9.05 Å². The van der Waals surface area contributed by atoms with Crippen LogP contribution < -0.4 is 5.32 Å². The van der Waals surface area contributed by atoms with Crippen LogP contribution in [0, 0.1) is 0 Å². The van der Waals surface area contributed by atoms with Crippen LogP contribution in [0.25, 0.3) is 0 Å². The smallest absolute Gasteiger partial charge is 0.280 e. The Hall–Kier alpha value is -1.21. The van der Waals surface area contributed by atoms with Crippen molar-refractivity contribution >= 4 is 25.6 Å². The second-order valence-corrected chi connectivity index (χ2v) is 5.07. The van der Waals surface area contributed by atoms with Crippen molar-refractivity contribution in [2.45, 2.75) is 11.9 Å². The van der Waals surface area contributed by atoms with Gasteiger partial charge in [-0.2, -0.15) is 0 Å². The van der Waals surface area contributed by atoms with Crippen LogP contribution in [0.1, 0.15) is 17.4 Å². The van der Waals surface area contributed by atoms with Crippen molar-refractivity contribution in [2.24, 2.45) is 0 Å². The summed E-state index contributed by atoms with van der Waals surface area (Å²) in [5.41, 5.74) is 0.0425. The summed E-state index contributed by atoms with van der Waals surface area (Å²) < 4.78 is 21.6. The Balaban J connectivity index is 2.96. The van der Waals surface area contributed by atoms with Gasteiger partial charge in [-0.15, -0.1) is 10.2 Å². The quantitative estimate of drug-likeness (QED) is 0.771.